The van der Waals surface area contributed by atoms with E-state index in [1.807, 2.05) is 13.8 Å². The number of amidine groups is 1. The number of nitrogens with zero attached hydrogens (tertiary/aromatic N) is 2. The second-order valence-electron chi connectivity index (χ2n) is 2.30. The summed E-state index contributed by atoms with van der Waals surface area (Å²) >= 11 is 0. The fraction of sp³-hybridized carbons (Fsp3) is 0.750. The summed E-state index contributed by atoms with van der Waals surface area (Å²) in [4.78, 5) is 8.02. The molecule has 0 amide bonds. The molecule has 3 heteroatoms. The van der Waals surface area contributed by atoms with Crippen molar-refractivity contribution in [2.24, 2.45) is 15.9 Å². The third kappa shape index (κ3) is 3.75. The maximum absolute atomic E-state index is 4.14. The first-order chi connectivity index (χ1) is 5.30. The zero-order valence-corrected chi connectivity index (χ0v) is 7.76. The molecule has 64 valence electrons. The van der Waals surface area contributed by atoms with Crippen molar-refractivity contribution in [2.75, 3.05) is 6.67 Å². The Labute approximate surface area is 68.6 Å². The number of nitrogens with one attached hydrogen (secondary N) is 1. The van der Waals surface area contributed by atoms with Crippen LogP contribution in [0, 0.1) is 5.92 Å². The predicted octanol–water partition coefficient (Wildman–Crippen LogP) is 1.66. The van der Waals surface area contributed by atoms with E-state index in [9.17, 15) is 0 Å². The second kappa shape index (κ2) is 5.89. The zero-order valence-electron chi connectivity index (χ0n) is 7.76. The van der Waals surface area contributed by atoms with Gasteiger partial charge in [-0.05, 0) is 0 Å². The van der Waals surface area contributed by atoms with Crippen LogP contribution in [0.25, 0.3) is 0 Å². The Kier molecular flexibility index (Phi) is 5.43. The van der Waals surface area contributed by atoms with E-state index in [1.165, 1.54) is 0 Å². The topological polar surface area (TPSA) is 36.8 Å². The van der Waals surface area contributed by atoms with Gasteiger partial charge in [0.15, 0.2) is 0 Å². The highest BCUT2D eigenvalue weighted by atomic mass is 15.1. The lowest BCUT2D eigenvalue weighted by Crippen LogP contribution is -2.29. The van der Waals surface area contributed by atoms with Gasteiger partial charge in [-0.1, -0.05) is 27.7 Å². The normalized spacial score (nSPS) is 14.8. The Morgan fingerprint density at radius 1 is 1.45 bits per heavy atom. The highest BCUT2D eigenvalue weighted by Gasteiger charge is 2.03. The largest absolute Gasteiger partial charge is 0.335 e. The van der Waals surface area contributed by atoms with Gasteiger partial charge in [-0.3, -0.25) is 4.99 Å². The first-order valence-corrected chi connectivity index (χ1v) is 4.10. The Hall–Kier alpha value is -0.860. The minimum Gasteiger partial charge on any atom is -0.335 e. The van der Waals surface area contributed by atoms with Gasteiger partial charge in [0.05, 0.1) is 6.34 Å². The summed E-state index contributed by atoms with van der Waals surface area (Å²) in [6.45, 7) is 8.79. The van der Waals surface area contributed by atoms with Gasteiger partial charge in [0.25, 0.3) is 0 Å². The van der Waals surface area contributed by atoms with Crippen LogP contribution in [-0.2, 0) is 0 Å². The van der Waals surface area contributed by atoms with Crippen molar-refractivity contribution in [1.29, 1.82) is 0 Å². The van der Waals surface area contributed by atoms with Crippen LogP contribution in [-0.4, -0.2) is 18.8 Å². The molecule has 0 saturated heterocycles. The van der Waals surface area contributed by atoms with Crippen LogP contribution in [0.4, 0.5) is 0 Å². The lowest BCUT2D eigenvalue weighted by atomic mass is 10.2. The monoisotopic (exact) mass is 155 g/mol. The second-order valence-corrected chi connectivity index (χ2v) is 2.30. The quantitative estimate of drug-likeness (QED) is 0.614. The van der Waals surface area contributed by atoms with Crippen molar-refractivity contribution in [2.45, 2.75) is 27.7 Å². The van der Waals surface area contributed by atoms with Crippen LogP contribution in [0.3, 0.4) is 0 Å². The number of aliphatic imine (C=N–C) groups is 2. The van der Waals surface area contributed by atoms with E-state index in [1.54, 1.807) is 6.34 Å². The Morgan fingerprint density at radius 2 is 2.09 bits per heavy atom. The van der Waals surface area contributed by atoms with Crippen LogP contribution < -0.4 is 5.32 Å². The summed E-state index contributed by atoms with van der Waals surface area (Å²) in [5.41, 5.74) is 0. The average molecular weight is 155 g/mol. The molecule has 0 unspecified atom stereocenters. The molecule has 0 atom stereocenters. The van der Waals surface area contributed by atoms with Crippen LogP contribution >= 0.6 is 0 Å². The molecule has 0 saturated carbocycles. The van der Waals surface area contributed by atoms with Crippen LogP contribution in [0.2, 0.25) is 0 Å². The zero-order chi connectivity index (χ0) is 8.69. The van der Waals surface area contributed by atoms with E-state index >= 15 is 0 Å². The molecular formula is C8H17N3. The van der Waals surface area contributed by atoms with Gasteiger partial charge in [0, 0.05) is 5.92 Å². The first kappa shape index (κ1) is 10.1. The Balaban J connectivity index is 0.000000461. The van der Waals surface area contributed by atoms with E-state index < -0.39 is 0 Å². The summed E-state index contributed by atoms with van der Waals surface area (Å²) in [5, 5.41) is 2.98. The summed E-state index contributed by atoms with van der Waals surface area (Å²) in [7, 11) is 0. The summed E-state index contributed by atoms with van der Waals surface area (Å²) in [6, 6.07) is 0. The molecule has 0 spiro atoms. The number of hydrogen-bond acceptors (Lipinski definition) is 3. The van der Waals surface area contributed by atoms with E-state index in [0.717, 1.165) is 5.84 Å². The maximum Gasteiger partial charge on any atom is 0.133 e. The number of rotatable bonds is 1. The van der Waals surface area contributed by atoms with Gasteiger partial charge < -0.3 is 5.32 Å². The lowest BCUT2D eigenvalue weighted by Gasteiger charge is -2.11. The number of hydrogen-bond donors (Lipinski definition) is 1. The fourth-order valence-corrected chi connectivity index (χ4v) is 0.664. The van der Waals surface area contributed by atoms with Crippen molar-refractivity contribution >= 4 is 12.2 Å². The molecular weight excluding hydrogens is 138 g/mol. The van der Waals surface area contributed by atoms with Crippen LogP contribution in [0.5, 0.6) is 0 Å². The van der Waals surface area contributed by atoms with Crippen molar-refractivity contribution in [3.05, 3.63) is 0 Å². The molecule has 0 aromatic carbocycles. The van der Waals surface area contributed by atoms with E-state index in [2.05, 4.69) is 29.1 Å². The minimum atomic E-state index is 0.483. The van der Waals surface area contributed by atoms with Crippen molar-refractivity contribution in [3.63, 3.8) is 0 Å². The van der Waals surface area contributed by atoms with Gasteiger partial charge in [-0.25, -0.2) is 4.99 Å². The van der Waals surface area contributed by atoms with Gasteiger partial charge in [-0.2, -0.15) is 0 Å². The average Bonchev–Trinajstić information content (AvgIpc) is 2.10. The lowest BCUT2D eigenvalue weighted by molar-refractivity contribution is 0.830. The Morgan fingerprint density at radius 3 is 2.36 bits per heavy atom. The van der Waals surface area contributed by atoms with Gasteiger partial charge >= 0.3 is 0 Å². The van der Waals surface area contributed by atoms with Crippen molar-refractivity contribution < 1.29 is 0 Å². The summed E-state index contributed by atoms with van der Waals surface area (Å²) < 4.78 is 0. The molecule has 1 heterocycles. The van der Waals surface area contributed by atoms with E-state index in [-0.39, 0.29) is 0 Å². The molecule has 1 aliphatic rings. The molecule has 0 aromatic rings. The van der Waals surface area contributed by atoms with Gasteiger partial charge in [0.2, 0.25) is 0 Å². The molecule has 0 aliphatic carbocycles. The molecule has 3 nitrogen and oxygen atoms in total. The molecule has 0 radical (unpaired) electrons. The predicted molar refractivity (Wildman–Crippen MR) is 50.1 cm³/mol. The molecule has 11 heavy (non-hydrogen) atoms. The van der Waals surface area contributed by atoms with Gasteiger partial charge in [0.1, 0.15) is 12.5 Å². The van der Waals surface area contributed by atoms with Gasteiger partial charge in [-0.15, -0.1) is 0 Å². The van der Waals surface area contributed by atoms with Crippen LogP contribution in [0.1, 0.15) is 27.7 Å². The molecule has 1 aliphatic heterocycles. The third-order valence-electron chi connectivity index (χ3n) is 1.17. The smallest absolute Gasteiger partial charge is 0.133 e. The molecule has 0 aromatic heterocycles. The van der Waals surface area contributed by atoms with Crippen molar-refractivity contribution in [1.82, 2.24) is 5.32 Å². The fourth-order valence-electron chi connectivity index (χ4n) is 0.664. The SMILES string of the molecule is CC.CC(C)C1=NCN=CN1. The standard InChI is InChI=1S/C6H11N3.C2H6/c1-5(2)6-8-3-7-4-9-6;1-2/h3,5H,4H2,1-2H3,(H,7,8,9);1-2H3. The van der Waals surface area contributed by atoms with E-state index in [4.69, 9.17) is 0 Å². The first-order valence-electron chi connectivity index (χ1n) is 4.10. The molecule has 0 bridgehead atoms. The summed E-state index contributed by atoms with van der Waals surface area (Å²) in [5.74, 6) is 1.52. The highest BCUT2D eigenvalue weighted by Crippen LogP contribution is 1.95. The van der Waals surface area contributed by atoms with Crippen LogP contribution in [0.15, 0.2) is 9.98 Å². The molecule has 0 fully saturated rings. The molecule has 1 rings (SSSR count). The minimum absolute atomic E-state index is 0.483. The van der Waals surface area contributed by atoms with Crippen molar-refractivity contribution in [3.8, 4) is 0 Å². The van der Waals surface area contributed by atoms with E-state index in [0.29, 0.717) is 12.6 Å². The third-order valence-corrected chi connectivity index (χ3v) is 1.17. The highest BCUT2D eigenvalue weighted by molar-refractivity contribution is 5.94. The summed E-state index contributed by atoms with van der Waals surface area (Å²) in [6.07, 6.45) is 1.70. The molecule has 1 N–H and O–H groups in total. The maximum atomic E-state index is 4.14. The Bertz CT molecular complexity index is 147.